The lowest BCUT2D eigenvalue weighted by atomic mass is 10.2. The number of nitrogens with one attached hydrogen (secondary N) is 2. The summed E-state index contributed by atoms with van der Waals surface area (Å²) < 4.78 is 0. The summed E-state index contributed by atoms with van der Waals surface area (Å²) in [6, 6.07) is 12.1. The fourth-order valence-electron chi connectivity index (χ4n) is 1.71. The van der Waals surface area contributed by atoms with Crippen LogP contribution in [0.1, 0.15) is 5.69 Å². The Bertz CT molecular complexity index is 812. The first-order chi connectivity index (χ1) is 11.0. The SMILES string of the molecule is Cc1cccc(N/C=C(/C#N)C(=O)Nc2cccc(Cl)c2Cl)n1. The standard InChI is InChI=1S/C16H12Cl2N4O/c1-10-4-2-7-14(21-10)20-9-11(8-19)16(23)22-13-6-3-5-12(17)15(13)18/h2-7,9H,1H3,(H,20,21)(H,22,23)/b11-9-. The van der Waals surface area contributed by atoms with E-state index in [0.29, 0.717) is 16.5 Å². The minimum Gasteiger partial charge on any atom is -0.345 e. The van der Waals surface area contributed by atoms with Gasteiger partial charge in [-0.1, -0.05) is 35.3 Å². The summed E-state index contributed by atoms with van der Waals surface area (Å²) in [6.07, 6.45) is 1.29. The molecule has 2 N–H and O–H groups in total. The van der Waals surface area contributed by atoms with Crippen LogP contribution in [0.15, 0.2) is 48.2 Å². The Morgan fingerprint density at radius 3 is 2.70 bits per heavy atom. The molecule has 0 bridgehead atoms. The van der Waals surface area contributed by atoms with E-state index >= 15 is 0 Å². The zero-order valence-corrected chi connectivity index (χ0v) is 13.6. The van der Waals surface area contributed by atoms with Crippen LogP contribution in [0.4, 0.5) is 11.5 Å². The van der Waals surface area contributed by atoms with Crippen LogP contribution < -0.4 is 10.6 Å². The number of nitrogens with zero attached hydrogens (tertiary/aromatic N) is 2. The monoisotopic (exact) mass is 346 g/mol. The Balaban J connectivity index is 2.14. The predicted octanol–water partition coefficient (Wildman–Crippen LogP) is 4.15. The number of pyridine rings is 1. The van der Waals surface area contributed by atoms with Crippen molar-refractivity contribution in [2.75, 3.05) is 10.6 Å². The van der Waals surface area contributed by atoms with Crippen molar-refractivity contribution in [3.05, 3.63) is 63.9 Å². The predicted molar refractivity (Wildman–Crippen MR) is 91.4 cm³/mol. The fourth-order valence-corrected chi connectivity index (χ4v) is 2.06. The number of hydrogen-bond donors (Lipinski definition) is 2. The van der Waals surface area contributed by atoms with E-state index in [1.165, 1.54) is 6.20 Å². The molecule has 116 valence electrons. The third-order valence-electron chi connectivity index (χ3n) is 2.82. The molecule has 5 nitrogen and oxygen atoms in total. The molecular weight excluding hydrogens is 335 g/mol. The zero-order valence-electron chi connectivity index (χ0n) is 12.1. The van der Waals surface area contributed by atoms with Gasteiger partial charge in [0.1, 0.15) is 17.5 Å². The third kappa shape index (κ3) is 4.46. The van der Waals surface area contributed by atoms with Gasteiger partial charge in [-0.25, -0.2) is 4.98 Å². The number of rotatable bonds is 4. The lowest BCUT2D eigenvalue weighted by Crippen LogP contribution is -2.15. The van der Waals surface area contributed by atoms with Gasteiger partial charge in [-0.15, -0.1) is 0 Å². The number of hydrogen-bond acceptors (Lipinski definition) is 4. The maximum atomic E-state index is 12.1. The van der Waals surface area contributed by atoms with E-state index in [0.717, 1.165) is 5.69 Å². The first kappa shape index (κ1) is 16.8. The van der Waals surface area contributed by atoms with Gasteiger partial charge in [-0.2, -0.15) is 5.26 Å². The molecule has 2 aromatic rings. The van der Waals surface area contributed by atoms with Crippen LogP contribution in [0.3, 0.4) is 0 Å². The molecule has 1 heterocycles. The molecule has 0 atom stereocenters. The number of carbonyl (C=O) groups is 1. The maximum Gasteiger partial charge on any atom is 0.267 e. The Labute approximate surface area is 143 Å². The molecule has 1 aromatic carbocycles. The second-order valence-corrected chi connectivity index (χ2v) is 5.32. The van der Waals surface area contributed by atoms with Crippen molar-refractivity contribution in [2.24, 2.45) is 0 Å². The summed E-state index contributed by atoms with van der Waals surface area (Å²) in [4.78, 5) is 16.3. The van der Waals surface area contributed by atoms with Crippen molar-refractivity contribution < 1.29 is 4.79 Å². The quantitative estimate of drug-likeness (QED) is 0.643. The third-order valence-corrected chi connectivity index (χ3v) is 3.64. The van der Waals surface area contributed by atoms with E-state index in [2.05, 4.69) is 15.6 Å². The molecule has 1 amide bonds. The van der Waals surface area contributed by atoms with E-state index in [1.807, 2.05) is 25.1 Å². The Hall–Kier alpha value is -2.55. The lowest BCUT2D eigenvalue weighted by molar-refractivity contribution is -0.112. The van der Waals surface area contributed by atoms with Crippen molar-refractivity contribution in [1.29, 1.82) is 5.26 Å². The highest BCUT2D eigenvalue weighted by molar-refractivity contribution is 6.44. The number of aryl methyl sites for hydroxylation is 1. The van der Waals surface area contributed by atoms with Crippen LogP contribution >= 0.6 is 23.2 Å². The molecule has 0 aliphatic heterocycles. The van der Waals surface area contributed by atoms with Crippen LogP contribution in [-0.4, -0.2) is 10.9 Å². The first-order valence-corrected chi connectivity index (χ1v) is 7.32. The molecule has 0 radical (unpaired) electrons. The highest BCUT2D eigenvalue weighted by atomic mass is 35.5. The molecule has 0 aliphatic rings. The summed E-state index contributed by atoms with van der Waals surface area (Å²) in [6.45, 7) is 1.84. The van der Waals surface area contributed by atoms with Crippen molar-refractivity contribution in [1.82, 2.24) is 4.98 Å². The second kappa shape index (κ2) is 7.63. The van der Waals surface area contributed by atoms with Crippen LogP contribution in [0.25, 0.3) is 0 Å². The van der Waals surface area contributed by atoms with E-state index in [4.69, 9.17) is 28.5 Å². The van der Waals surface area contributed by atoms with E-state index in [-0.39, 0.29) is 10.6 Å². The molecule has 2 rings (SSSR count). The molecule has 0 fully saturated rings. The van der Waals surface area contributed by atoms with Crippen LogP contribution in [0.5, 0.6) is 0 Å². The van der Waals surface area contributed by atoms with Crippen molar-refractivity contribution in [3.8, 4) is 6.07 Å². The summed E-state index contributed by atoms with van der Waals surface area (Å²) in [7, 11) is 0. The zero-order chi connectivity index (χ0) is 16.8. The summed E-state index contributed by atoms with van der Waals surface area (Å²) in [5, 5.41) is 15.0. The largest absolute Gasteiger partial charge is 0.345 e. The number of nitriles is 1. The van der Waals surface area contributed by atoms with Crippen LogP contribution in [-0.2, 0) is 4.79 Å². The van der Waals surface area contributed by atoms with Crippen molar-refractivity contribution in [3.63, 3.8) is 0 Å². The van der Waals surface area contributed by atoms with Crippen LogP contribution in [0, 0.1) is 18.3 Å². The van der Waals surface area contributed by atoms with Gasteiger partial charge in [0.15, 0.2) is 0 Å². The summed E-state index contributed by atoms with van der Waals surface area (Å²) >= 11 is 11.9. The van der Waals surface area contributed by atoms with Gasteiger partial charge >= 0.3 is 0 Å². The molecule has 0 spiro atoms. The van der Waals surface area contributed by atoms with Crippen LogP contribution in [0.2, 0.25) is 10.0 Å². The average Bonchev–Trinajstić information content (AvgIpc) is 2.52. The summed E-state index contributed by atoms with van der Waals surface area (Å²) in [5.74, 6) is -0.0665. The molecule has 0 unspecified atom stereocenters. The maximum absolute atomic E-state index is 12.1. The fraction of sp³-hybridized carbons (Fsp3) is 0.0625. The normalized spacial score (nSPS) is 10.8. The minimum atomic E-state index is -0.600. The van der Waals surface area contributed by atoms with Gasteiger partial charge in [0, 0.05) is 11.9 Å². The molecule has 1 aromatic heterocycles. The second-order valence-electron chi connectivity index (χ2n) is 4.53. The highest BCUT2D eigenvalue weighted by Gasteiger charge is 2.12. The van der Waals surface area contributed by atoms with E-state index in [1.54, 1.807) is 24.3 Å². The van der Waals surface area contributed by atoms with Gasteiger partial charge in [-0.3, -0.25) is 4.79 Å². The highest BCUT2D eigenvalue weighted by Crippen LogP contribution is 2.29. The van der Waals surface area contributed by atoms with Gasteiger partial charge in [-0.05, 0) is 31.2 Å². The van der Waals surface area contributed by atoms with Crippen molar-refractivity contribution in [2.45, 2.75) is 6.92 Å². The molecule has 0 saturated heterocycles. The number of benzene rings is 1. The molecule has 0 aliphatic carbocycles. The molecular formula is C16H12Cl2N4O. The van der Waals surface area contributed by atoms with E-state index < -0.39 is 5.91 Å². The minimum absolute atomic E-state index is 0.121. The Morgan fingerprint density at radius 2 is 2.00 bits per heavy atom. The number of anilines is 2. The Kier molecular flexibility index (Phi) is 5.58. The van der Waals surface area contributed by atoms with E-state index in [9.17, 15) is 4.79 Å². The molecule has 7 heteroatoms. The van der Waals surface area contributed by atoms with Crippen molar-refractivity contribution >= 4 is 40.6 Å². The number of amides is 1. The van der Waals surface area contributed by atoms with Gasteiger partial charge in [0.05, 0.1) is 15.7 Å². The smallest absolute Gasteiger partial charge is 0.267 e. The number of halogens is 2. The number of aromatic nitrogens is 1. The van der Waals surface area contributed by atoms with Gasteiger partial charge in [0.2, 0.25) is 0 Å². The molecule has 0 saturated carbocycles. The topological polar surface area (TPSA) is 77.8 Å². The lowest BCUT2D eigenvalue weighted by Gasteiger charge is -2.07. The van der Waals surface area contributed by atoms with Gasteiger partial charge < -0.3 is 10.6 Å². The Morgan fingerprint density at radius 1 is 1.26 bits per heavy atom. The molecule has 23 heavy (non-hydrogen) atoms. The average molecular weight is 347 g/mol. The number of carbonyl (C=O) groups excluding carboxylic acids is 1. The first-order valence-electron chi connectivity index (χ1n) is 6.57. The summed E-state index contributed by atoms with van der Waals surface area (Å²) in [5.41, 5.74) is 1.03. The van der Waals surface area contributed by atoms with Gasteiger partial charge in [0.25, 0.3) is 5.91 Å².